The first-order chi connectivity index (χ1) is 9.22. The fourth-order valence-corrected chi connectivity index (χ4v) is 1.68. The van der Waals surface area contributed by atoms with Crippen molar-refractivity contribution in [1.82, 2.24) is 5.32 Å². The molecule has 0 aromatic heterocycles. The fraction of sp³-hybridized carbons (Fsp3) is 0.533. The lowest BCUT2D eigenvalue weighted by Crippen LogP contribution is -2.25. The number of hydrogen-bond donors (Lipinski definition) is 2. The molecule has 0 saturated heterocycles. The van der Waals surface area contributed by atoms with Gasteiger partial charge in [-0.25, -0.2) is 0 Å². The Balaban J connectivity index is 2.06. The summed E-state index contributed by atoms with van der Waals surface area (Å²) in [5.74, 6) is 0.0901. The average Bonchev–Trinajstić information content (AvgIpc) is 2.42. The number of carbonyl (C=O) groups excluding carboxylic acids is 1. The number of rotatable bonds is 9. The molecule has 0 unspecified atom stereocenters. The molecule has 106 valence electrons. The third-order valence-electron chi connectivity index (χ3n) is 2.76. The number of anilines is 1. The van der Waals surface area contributed by atoms with E-state index < -0.39 is 0 Å². The molecule has 0 spiro atoms. The predicted molar refractivity (Wildman–Crippen MR) is 77.9 cm³/mol. The van der Waals surface area contributed by atoms with Gasteiger partial charge in [0.15, 0.2) is 0 Å². The van der Waals surface area contributed by atoms with Gasteiger partial charge in [-0.2, -0.15) is 0 Å². The first-order valence-electron chi connectivity index (χ1n) is 6.91. The van der Waals surface area contributed by atoms with Crippen LogP contribution in [0.1, 0.15) is 31.7 Å². The molecule has 1 amide bonds. The highest BCUT2D eigenvalue weighted by atomic mass is 16.5. The van der Waals surface area contributed by atoms with Crippen LogP contribution in [0.25, 0.3) is 0 Å². The molecule has 1 aromatic carbocycles. The number of nitrogen functional groups attached to an aromatic ring is 1. The second-order valence-corrected chi connectivity index (χ2v) is 4.56. The molecular formula is C15H24N2O2. The zero-order valence-electron chi connectivity index (χ0n) is 11.7. The fourth-order valence-electron chi connectivity index (χ4n) is 1.68. The summed E-state index contributed by atoms with van der Waals surface area (Å²) < 4.78 is 5.34. The molecule has 0 atom stereocenters. The van der Waals surface area contributed by atoms with Crippen molar-refractivity contribution in [2.45, 2.75) is 32.6 Å². The third kappa shape index (κ3) is 7.47. The van der Waals surface area contributed by atoms with Gasteiger partial charge in [-0.15, -0.1) is 0 Å². The van der Waals surface area contributed by atoms with E-state index in [0.29, 0.717) is 19.6 Å². The minimum absolute atomic E-state index is 0.0901. The molecule has 0 aliphatic rings. The lowest BCUT2D eigenvalue weighted by atomic mass is 10.1. The van der Waals surface area contributed by atoms with Crippen LogP contribution in [0.5, 0.6) is 0 Å². The molecule has 0 saturated carbocycles. The van der Waals surface area contributed by atoms with Crippen molar-refractivity contribution in [2.24, 2.45) is 0 Å². The lowest BCUT2D eigenvalue weighted by Gasteiger charge is -2.06. The first-order valence-corrected chi connectivity index (χ1v) is 6.91. The summed E-state index contributed by atoms with van der Waals surface area (Å²) in [5.41, 5.74) is 7.49. The van der Waals surface area contributed by atoms with Gasteiger partial charge in [0.2, 0.25) is 5.91 Å². The van der Waals surface area contributed by atoms with Gasteiger partial charge in [0.05, 0.1) is 0 Å². The van der Waals surface area contributed by atoms with Crippen LogP contribution in [0.2, 0.25) is 0 Å². The van der Waals surface area contributed by atoms with Gasteiger partial charge in [0, 0.05) is 31.9 Å². The summed E-state index contributed by atoms with van der Waals surface area (Å²) in [7, 11) is 0. The van der Waals surface area contributed by atoms with Crippen molar-refractivity contribution in [3.8, 4) is 0 Å². The van der Waals surface area contributed by atoms with Crippen LogP contribution < -0.4 is 11.1 Å². The van der Waals surface area contributed by atoms with Gasteiger partial charge in [-0.05, 0) is 37.0 Å². The maximum Gasteiger partial charge on any atom is 0.220 e. The average molecular weight is 264 g/mol. The minimum Gasteiger partial charge on any atom is -0.399 e. The maximum atomic E-state index is 11.6. The number of nitrogens with one attached hydrogen (secondary N) is 1. The predicted octanol–water partition coefficient (Wildman–Crippen LogP) is 2.13. The van der Waals surface area contributed by atoms with E-state index >= 15 is 0 Å². The molecule has 3 N–H and O–H groups in total. The minimum atomic E-state index is 0.0901. The van der Waals surface area contributed by atoms with Gasteiger partial charge in [0.25, 0.3) is 0 Å². The Hall–Kier alpha value is -1.55. The summed E-state index contributed by atoms with van der Waals surface area (Å²) in [6.45, 7) is 4.28. The number of ether oxygens (including phenoxy) is 1. The van der Waals surface area contributed by atoms with Crippen molar-refractivity contribution < 1.29 is 9.53 Å². The Labute approximate surface area is 115 Å². The largest absolute Gasteiger partial charge is 0.399 e. The smallest absolute Gasteiger partial charge is 0.220 e. The van der Waals surface area contributed by atoms with E-state index in [1.165, 1.54) is 0 Å². The van der Waals surface area contributed by atoms with Crippen molar-refractivity contribution in [3.05, 3.63) is 29.8 Å². The van der Waals surface area contributed by atoms with Crippen LogP contribution in [-0.4, -0.2) is 25.7 Å². The number of amides is 1. The lowest BCUT2D eigenvalue weighted by molar-refractivity contribution is -0.121. The Morgan fingerprint density at radius 3 is 2.68 bits per heavy atom. The molecule has 0 radical (unpaired) electrons. The van der Waals surface area contributed by atoms with E-state index in [1.807, 2.05) is 24.3 Å². The van der Waals surface area contributed by atoms with E-state index in [-0.39, 0.29) is 5.91 Å². The summed E-state index contributed by atoms with van der Waals surface area (Å²) in [6.07, 6.45) is 3.17. The molecular weight excluding hydrogens is 240 g/mol. The number of hydrogen-bond acceptors (Lipinski definition) is 3. The molecule has 4 nitrogen and oxygen atoms in total. The van der Waals surface area contributed by atoms with Crippen LogP contribution >= 0.6 is 0 Å². The van der Waals surface area contributed by atoms with E-state index in [2.05, 4.69) is 12.2 Å². The molecule has 1 rings (SSSR count). The number of aryl methyl sites for hydroxylation is 1. The zero-order valence-corrected chi connectivity index (χ0v) is 11.7. The summed E-state index contributed by atoms with van der Waals surface area (Å²) in [4.78, 5) is 11.6. The van der Waals surface area contributed by atoms with E-state index in [1.54, 1.807) is 0 Å². The maximum absolute atomic E-state index is 11.6. The van der Waals surface area contributed by atoms with Gasteiger partial charge >= 0.3 is 0 Å². The molecule has 0 aliphatic heterocycles. The Morgan fingerprint density at radius 1 is 1.26 bits per heavy atom. The van der Waals surface area contributed by atoms with Gasteiger partial charge in [0.1, 0.15) is 0 Å². The third-order valence-corrected chi connectivity index (χ3v) is 2.76. The molecule has 0 heterocycles. The van der Waals surface area contributed by atoms with Crippen LogP contribution in [0.3, 0.4) is 0 Å². The van der Waals surface area contributed by atoms with Crippen LogP contribution in [0.15, 0.2) is 24.3 Å². The number of nitrogens with two attached hydrogens (primary N) is 1. The molecule has 1 aromatic rings. The van der Waals surface area contributed by atoms with Crippen molar-refractivity contribution in [1.29, 1.82) is 0 Å². The molecule has 0 fully saturated rings. The summed E-state index contributed by atoms with van der Waals surface area (Å²) >= 11 is 0. The SMILES string of the molecule is CCCOCCCNC(=O)CCc1ccc(N)cc1. The highest BCUT2D eigenvalue weighted by molar-refractivity contribution is 5.76. The zero-order chi connectivity index (χ0) is 13.9. The normalized spacial score (nSPS) is 10.4. The van der Waals surface area contributed by atoms with Crippen LogP contribution in [0, 0.1) is 0 Å². The van der Waals surface area contributed by atoms with Crippen LogP contribution in [0.4, 0.5) is 5.69 Å². The molecule has 19 heavy (non-hydrogen) atoms. The van der Waals surface area contributed by atoms with E-state index in [0.717, 1.165) is 37.1 Å². The molecule has 4 heteroatoms. The van der Waals surface area contributed by atoms with Crippen molar-refractivity contribution >= 4 is 11.6 Å². The second-order valence-electron chi connectivity index (χ2n) is 4.56. The first kappa shape index (κ1) is 15.5. The van der Waals surface area contributed by atoms with Crippen LogP contribution in [-0.2, 0) is 16.0 Å². The molecule has 0 aliphatic carbocycles. The summed E-state index contributed by atoms with van der Waals surface area (Å²) in [6, 6.07) is 7.64. The molecule has 0 bridgehead atoms. The monoisotopic (exact) mass is 264 g/mol. The van der Waals surface area contributed by atoms with E-state index in [4.69, 9.17) is 10.5 Å². The Bertz CT molecular complexity index is 363. The highest BCUT2D eigenvalue weighted by Crippen LogP contribution is 2.07. The topological polar surface area (TPSA) is 64.3 Å². The quantitative estimate of drug-likeness (QED) is 0.530. The van der Waals surface area contributed by atoms with Gasteiger partial charge < -0.3 is 15.8 Å². The van der Waals surface area contributed by atoms with Gasteiger partial charge in [-0.3, -0.25) is 4.79 Å². The van der Waals surface area contributed by atoms with Crippen molar-refractivity contribution in [2.75, 3.05) is 25.5 Å². The number of carbonyl (C=O) groups is 1. The Morgan fingerprint density at radius 2 is 2.00 bits per heavy atom. The number of benzene rings is 1. The van der Waals surface area contributed by atoms with Crippen molar-refractivity contribution in [3.63, 3.8) is 0 Å². The standard InChI is InChI=1S/C15H24N2O2/c1-2-11-19-12-3-10-17-15(18)9-6-13-4-7-14(16)8-5-13/h4-5,7-8H,2-3,6,9-12,16H2,1H3,(H,17,18). The van der Waals surface area contributed by atoms with Gasteiger partial charge in [-0.1, -0.05) is 19.1 Å². The second kappa shape index (κ2) is 9.39. The Kier molecular flexibility index (Phi) is 7.66. The highest BCUT2D eigenvalue weighted by Gasteiger charge is 2.01. The van der Waals surface area contributed by atoms with E-state index in [9.17, 15) is 4.79 Å². The summed E-state index contributed by atoms with van der Waals surface area (Å²) in [5, 5.41) is 2.90.